The number of nitrogens with zero attached hydrogens (tertiary/aromatic N) is 1. The molecule has 1 aliphatic carbocycles. The largest absolute Gasteiger partial charge is 0.487 e. The van der Waals surface area contributed by atoms with Gasteiger partial charge in [0, 0.05) is 48.8 Å². The number of aliphatic hydroxyl groups excluding tert-OH is 1. The summed E-state index contributed by atoms with van der Waals surface area (Å²) in [6.07, 6.45) is 6.03. The van der Waals surface area contributed by atoms with E-state index in [9.17, 15) is 14.3 Å². The summed E-state index contributed by atoms with van der Waals surface area (Å²) < 4.78 is 26.1. The smallest absolute Gasteiger partial charge is 0.246 e. The molecule has 3 aromatic rings. The van der Waals surface area contributed by atoms with Crippen molar-refractivity contribution in [1.82, 2.24) is 15.6 Å². The van der Waals surface area contributed by atoms with E-state index in [0.717, 1.165) is 43.4 Å². The van der Waals surface area contributed by atoms with Gasteiger partial charge in [0.05, 0.1) is 12.1 Å². The molecule has 1 amide bonds. The number of carbonyl (C=O) groups excluding carboxylic acids is 1. The summed E-state index contributed by atoms with van der Waals surface area (Å²) in [6.45, 7) is 4.55. The van der Waals surface area contributed by atoms with Crippen LogP contribution in [0.15, 0.2) is 48.0 Å². The van der Waals surface area contributed by atoms with Gasteiger partial charge in [0.25, 0.3) is 0 Å². The SMILES string of the molecule is COCC(=O)NC(Cc1cc(F)cc(-c2nccs2)c1)[C@H](O)CN[C@H]1CC2(CCC2)Oc2ccc(CC(C)C)cc21. The highest BCUT2D eigenvalue weighted by atomic mass is 32.1. The number of rotatable bonds is 12. The maximum Gasteiger partial charge on any atom is 0.246 e. The zero-order valence-corrected chi connectivity index (χ0v) is 24.8. The number of carbonyl (C=O) groups is 1. The zero-order valence-electron chi connectivity index (χ0n) is 24.0. The lowest BCUT2D eigenvalue weighted by atomic mass is 9.72. The van der Waals surface area contributed by atoms with Crippen molar-refractivity contribution in [3.63, 3.8) is 0 Å². The Kier molecular flexibility index (Phi) is 9.38. The molecule has 3 atom stereocenters. The van der Waals surface area contributed by atoms with Gasteiger partial charge in [-0.25, -0.2) is 9.37 Å². The van der Waals surface area contributed by atoms with Crippen molar-refractivity contribution in [2.75, 3.05) is 20.3 Å². The summed E-state index contributed by atoms with van der Waals surface area (Å²) >= 11 is 1.43. The third-order valence-corrected chi connectivity index (χ3v) is 8.84. The molecule has 1 fully saturated rings. The van der Waals surface area contributed by atoms with Gasteiger partial charge >= 0.3 is 0 Å². The van der Waals surface area contributed by atoms with Crippen LogP contribution >= 0.6 is 11.3 Å². The summed E-state index contributed by atoms with van der Waals surface area (Å²) in [6, 6.07) is 10.6. The number of aromatic nitrogens is 1. The van der Waals surface area contributed by atoms with Gasteiger partial charge in [-0.3, -0.25) is 4.79 Å². The molecule has 1 unspecified atom stereocenters. The van der Waals surface area contributed by atoms with E-state index in [0.29, 0.717) is 22.1 Å². The molecule has 9 heteroatoms. The highest BCUT2D eigenvalue weighted by Crippen LogP contribution is 2.49. The van der Waals surface area contributed by atoms with Crippen molar-refractivity contribution in [3.05, 3.63) is 70.5 Å². The maximum absolute atomic E-state index is 14.6. The van der Waals surface area contributed by atoms with Crippen LogP contribution in [0, 0.1) is 11.7 Å². The van der Waals surface area contributed by atoms with E-state index in [1.807, 2.05) is 11.4 Å². The molecular weight excluding hydrogens is 541 g/mol. The lowest BCUT2D eigenvalue weighted by Crippen LogP contribution is -2.52. The molecule has 0 bridgehead atoms. The van der Waals surface area contributed by atoms with Crippen LogP contribution in [0.1, 0.15) is 62.3 Å². The minimum atomic E-state index is -0.926. The first-order valence-corrected chi connectivity index (χ1v) is 15.3. The average Bonchev–Trinajstić information content (AvgIpc) is 3.45. The molecule has 1 spiro atoms. The number of hydrogen-bond donors (Lipinski definition) is 3. The lowest BCUT2D eigenvalue weighted by molar-refractivity contribution is -0.126. The van der Waals surface area contributed by atoms with Crippen molar-refractivity contribution in [2.45, 2.75) is 76.2 Å². The number of methoxy groups -OCH3 is 1. The van der Waals surface area contributed by atoms with Crippen LogP contribution in [0.3, 0.4) is 0 Å². The molecule has 3 N–H and O–H groups in total. The van der Waals surface area contributed by atoms with E-state index >= 15 is 0 Å². The van der Waals surface area contributed by atoms with Gasteiger partial charge in [-0.2, -0.15) is 0 Å². The van der Waals surface area contributed by atoms with Crippen LogP contribution in [0.5, 0.6) is 5.75 Å². The predicted octanol–water partition coefficient (Wildman–Crippen LogP) is 5.22. The summed E-state index contributed by atoms with van der Waals surface area (Å²) in [5.41, 5.74) is 3.57. The van der Waals surface area contributed by atoms with E-state index < -0.39 is 12.1 Å². The molecule has 5 rings (SSSR count). The van der Waals surface area contributed by atoms with Gasteiger partial charge in [-0.05, 0) is 73.4 Å². The molecule has 2 aromatic carbocycles. The molecule has 0 radical (unpaired) electrons. The second-order valence-electron chi connectivity index (χ2n) is 11.8. The topological polar surface area (TPSA) is 92.7 Å². The maximum atomic E-state index is 14.6. The Labute approximate surface area is 245 Å². The number of nitrogens with one attached hydrogen (secondary N) is 2. The molecule has 2 heterocycles. The fourth-order valence-corrected chi connectivity index (χ4v) is 6.58. The van der Waals surface area contributed by atoms with Crippen molar-refractivity contribution >= 4 is 17.2 Å². The van der Waals surface area contributed by atoms with Gasteiger partial charge in [0.15, 0.2) is 0 Å². The lowest BCUT2D eigenvalue weighted by Gasteiger charge is -2.48. The fourth-order valence-electron chi connectivity index (χ4n) is 5.96. The molecule has 2 aliphatic rings. The summed E-state index contributed by atoms with van der Waals surface area (Å²) in [4.78, 5) is 16.8. The Morgan fingerprint density at radius 1 is 1.22 bits per heavy atom. The summed E-state index contributed by atoms with van der Waals surface area (Å²) in [5, 5.41) is 20.5. The second kappa shape index (κ2) is 13.0. The molecule has 41 heavy (non-hydrogen) atoms. The summed E-state index contributed by atoms with van der Waals surface area (Å²) in [7, 11) is 1.45. The zero-order chi connectivity index (χ0) is 29.0. The number of fused-ring (bicyclic) bond motifs is 1. The van der Waals surface area contributed by atoms with Gasteiger partial charge in [-0.1, -0.05) is 26.0 Å². The summed E-state index contributed by atoms with van der Waals surface area (Å²) in [5.74, 6) is 0.731. The fraction of sp³-hybridized carbons (Fsp3) is 0.500. The second-order valence-corrected chi connectivity index (χ2v) is 12.7. The van der Waals surface area contributed by atoms with Crippen molar-refractivity contribution < 1.29 is 23.8 Å². The van der Waals surface area contributed by atoms with E-state index in [1.54, 1.807) is 6.20 Å². The first kappa shape index (κ1) is 29.6. The number of amides is 1. The highest BCUT2D eigenvalue weighted by Gasteiger charge is 2.45. The molecule has 0 saturated heterocycles. The first-order chi connectivity index (χ1) is 19.7. The van der Waals surface area contributed by atoms with Crippen LogP contribution in [0.25, 0.3) is 10.6 Å². The van der Waals surface area contributed by atoms with Crippen LogP contribution < -0.4 is 15.4 Å². The molecular formula is C32H40FN3O4S. The van der Waals surface area contributed by atoms with Crippen LogP contribution in [-0.2, 0) is 22.4 Å². The van der Waals surface area contributed by atoms with Crippen molar-refractivity contribution in [3.8, 4) is 16.3 Å². The number of halogens is 1. The number of ether oxygens (including phenoxy) is 2. The van der Waals surface area contributed by atoms with E-state index in [4.69, 9.17) is 9.47 Å². The molecule has 1 aromatic heterocycles. The first-order valence-electron chi connectivity index (χ1n) is 14.4. The Bertz CT molecular complexity index is 1330. The quantitative estimate of drug-likeness (QED) is 0.272. The Hall–Kier alpha value is -2.85. The molecule has 1 aliphatic heterocycles. The Morgan fingerprint density at radius 3 is 2.73 bits per heavy atom. The third kappa shape index (κ3) is 7.33. The van der Waals surface area contributed by atoms with E-state index in [1.165, 1.54) is 36.1 Å². The number of benzene rings is 2. The molecule has 7 nitrogen and oxygen atoms in total. The standard InChI is InChI=1S/C32H40FN3O4S/c1-20(2)11-21-5-6-29-25(14-21)27(17-32(40-29)7-4-8-32)35-18-28(37)26(36-30(38)19-39-3)15-22-12-23(16-24(33)13-22)31-34-9-10-41-31/h5-6,9-10,12-14,16,20,26-28,35,37H,4,7-8,11,15,17-19H2,1-3H3,(H,36,38)/t26?,27-,28+/m0/s1. The van der Waals surface area contributed by atoms with Crippen molar-refractivity contribution in [1.29, 1.82) is 0 Å². The third-order valence-electron chi connectivity index (χ3n) is 8.01. The normalized spacial score (nSPS) is 18.8. The monoisotopic (exact) mass is 581 g/mol. The van der Waals surface area contributed by atoms with Gasteiger partial charge in [-0.15, -0.1) is 11.3 Å². The molecule has 1 saturated carbocycles. The van der Waals surface area contributed by atoms with Crippen molar-refractivity contribution in [2.24, 2.45) is 5.92 Å². The Morgan fingerprint density at radius 2 is 2.05 bits per heavy atom. The number of aliphatic hydroxyl groups is 1. The Balaban J connectivity index is 1.34. The van der Waals surface area contributed by atoms with Gasteiger partial charge in [0.1, 0.15) is 28.8 Å². The number of hydrogen-bond acceptors (Lipinski definition) is 7. The predicted molar refractivity (Wildman–Crippen MR) is 159 cm³/mol. The minimum absolute atomic E-state index is 0.0156. The minimum Gasteiger partial charge on any atom is -0.487 e. The van der Waals surface area contributed by atoms with Gasteiger partial charge in [0.2, 0.25) is 5.91 Å². The van der Waals surface area contributed by atoms with Crippen LogP contribution in [-0.4, -0.2) is 54.0 Å². The highest BCUT2D eigenvalue weighted by molar-refractivity contribution is 7.13. The molecule has 220 valence electrons. The van der Waals surface area contributed by atoms with Crippen LogP contribution in [0.2, 0.25) is 0 Å². The van der Waals surface area contributed by atoms with E-state index in [2.05, 4.69) is 47.7 Å². The number of thiazole rings is 1. The average molecular weight is 582 g/mol. The van der Waals surface area contributed by atoms with Gasteiger partial charge < -0.3 is 25.2 Å². The van der Waals surface area contributed by atoms with E-state index in [-0.39, 0.29) is 42.9 Å². The van der Waals surface area contributed by atoms with Crippen LogP contribution in [0.4, 0.5) is 4.39 Å².